The highest BCUT2D eigenvalue weighted by Gasteiger charge is 2.50. The van der Waals surface area contributed by atoms with Crippen molar-refractivity contribution in [1.82, 2.24) is 9.88 Å². The second-order valence-electron chi connectivity index (χ2n) is 16.6. The van der Waals surface area contributed by atoms with Crippen molar-refractivity contribution in [2.75, 3.05) is 27.8 Å². The monoisotopic (exact) mass is 756 g/mol. The number of fused-ring (bicyclic) bond motifs is 1. The summed E-state index contributed by atoms with van der Waals surface area (Å²) in [7, 11) is 5.37. The van der Waals surface area contributed by atoms with Crippen molar-refractivity contribution in [2.24, 2.45) is 29.6 Å². The number of aliphatic hydroxyl groups excluding tert-OH is 1. The van der Waals surface area contributed by atoms with E-state index in [2.05, 4.69) is 11.9 Å². The third kappa shape index (κ3) is 9.86. The molecule has 13 atom stereocenters. The molecule has 12 nitrogen and oxygen atoms in total. The van der Waals surface area contributed by atoms with Crippen LogP contribution in [0.25, 0.3) is 10.9 Å². The van der Waals surface area contributed by atoms with E-state index in [1.54, 1.807) is 27.0 Å². The first-order valence-corrected chi connectivity index (χ1v) is 19.5. The number of carbonyl (C=O) groups excluding carboxylic acids is 3. The van der Waals surface area contributed by atoms with Crippen molar-refractivity contribution in [3.05, 3.63) is 42.1 Å². The quantitative estimate of drug-likeness (QED) is 0.242. The highest BCUT2D eigenvalue weighted by Crippen LogP contribution is 2.41. The normalized spacial score (nSPS) is 37.5. The van der Waals surface area contributed by atoms with Gasteiger partial charge in [-0.3, -0.25) is 14.6 Å². The Labute approximate surface area is 321 Å². The third-order valence-corrected chi connectivity index (χ3v) is 12.0. The predicted octanol–water partition coefficient (Wildman–Crippen LogP) is 5.59. The first-order chi connectivity index (χ1) is 25.3. The Hall–Kier alpha value is -3.00. The van der Waals surface area contributed by atoms with Crippen molar-refractivity contribution in [1.29, 1.82) is 0 Å². The van der Waals surface area contributed by atoms with Crippen LogP contribution in [0.15, 0.2) is 36.5 Å². The van der Waals surface area contributed by atoms with Crippen LogP contribution in [0.3, 0.4) is 0 Å². The molecule has 3 heterocycles. The fourth-order valence-corrected chi connectivity index (χ4v) is 8.93. The zero-order chi connectivity index (χ0) is 40.1. The Morgan fingerprint density at radius 2 is 1.76 bits per heavy atom. The zero-order valence-corrected chi connectivity index (χ0v) is 34.1. The largest absolute Gasteiger partial charge is 0.462 e. The van der Waals surface area contributed by atoms with Crippen LogP contribution < -0.4 is 0 Å². The fraction of sp³-hybridized carbons (Fsp3) is 0.714. The summed E-state index contributed by atoms with van der Waals surface area (Å²) in [6.45, 7) is 14.7. The molecule has 54 heavy (non-hydrogen) atoms. The Bertz CT molecular complexity index is 1580. The molecule has 0 spiro atoms. The molecule has 4 rings (SSSR count). The van der Waals surface area contributed by atoms with Gasteiger partial charge in [0.15, 0.2) is 12.1 Å². The number of benzene rings is 1. The molecule has 1 aromatic heterocycles. The third-order valence-electron chi connectivity index (χ3n) is 12.0. The van der Waals surface area contributed by atoms with Gasteiger partial charge in [-0.05, 0) is 104 Å². The number of ketones is 1. The van der Waals surface area contributed by atoms with Crippen molar-refractivity contribution in [3.63, 3.8) is 0 Å². The lowest BCUT2D eigenvalue weighted by Gasteiger charge is -2.47. The fourth-order valence-electron chi connectivity index (χ4n) is 8.93. The summed E-state index contributed by atoms with van der Waals surface area (Å²) in [4.78, 5) is 47.4. The second kappa shape index (κ2) is 18.3. The summed E-state index contributed by atoms with van der Waals surface area (Å²) in [5.74, 6) is -4.31. The smallest absolute Gasteiger partial charge is 0.339 e. The predicted molar refractivity (Wildman–Crippen MR) is 205 cm³/mol. The number of methoxy groups -OCH3 is 1. The average molecular weight is 757 g/mol. The maximum Gasteiger partial charge on any atom is 0.339 e. The second-order valence-corrected chi connectivity index (χ2v) is 16.6. The van der Waals surface area contributed by atoms with Crippen molar-refractivity contribution in [2.45, 2.75) is 135 Å². The van der Waals surface area contributed by atoms with Crippen molar-refractivity contribution >= 4 is 28.6 Å². The molecule has 2 aliphatic rings. The summed E-state index contributed by atoms with van der Waals surface area (Å²) >= 11 is 0. The van der Waals surface area contributed by atoms with E-state index in [-0.39, 0.29) is 30.6 Å². The van der Waals surface area contributed by atoms with E-state index in [4.69, 9.17) is 23.7 Å². The molecule has 302 valence electrons. The molecule has 1 aromatic carbocycles. The average Bonchev–Trinajstić information content (AvgIpc) is 3.13. The molecule has 0 aliphatic carbocycles. The number of cyclic esters (lactones) is 1. The van der Waals surface area contributed by atoms with Crippen molar-refractivity contribution < 1.29 is 48.3 Å². The van der Waals surface area contributed by atoms with E-state index in [1.807, 2.05) is 71.0 Å². The van der Waals surface area contributed by atoms with Gasteiger partial charge in [0.2, 0.25) is 0 Å². The van der Waals surface area contributed by atoms with Gasteiger partial charge in [0.05, 0.1) is 35.5 Å². The van der Waals surface area contributed by atoms with E-state index in [0.29, 0.717) is 37.7 Å². The Kier molecular flexibility index (Phi) is 14.8. The summed E-state index contributed by atoms with van der Waals surface area (Å²) in [6, 6.07) is 9.03. The van der Waals surface area contributed by atoms with Crippen LogP contribution in [0.4, 0.5) is 0 Å². The molecule has 2 saturated heterocycles. The Balaban J connectivity index is 1.64. The van der Waals surface area contributed by atoms with Crippen LogP contribution in [0.1, 0.15) is 97.9 Å². The minimum absolute atomic E-state index is 0.00323. The summed E-state index contributed by atoms with van der Waals surface area (Å²) < 4.78 is 30.8. The van der Waals surface area contributed by atoms with Gasteiger partial charge in [-0.25, -0.2) is 4.79 Å². The molecule has 12 heteroatoms. The minimum atomic E-state index is -1.52. The Morgan fingerprint density at radius 3 is 2.41 bits per heavy atom. The number of nitrogens with zero attached hydrogens (tertiary/aromatic N) is 2. The number of Topliss-reactive ketones (excluding diaryl/α,β-unsaturated/α-hetero) is 1. The number of esters is 2. The van der Waals surface area contributed by atoms with E-state index < -0.39 is 71.3 Å². The number of hydrogen-bond acceptors (Lipinski definition) is 12. The van der Waals surface area contributed by atoms with Crippen LogP contribution >= 0.6 is 0 Å². The molecular formula is C42H64N2O10. The van der Waals surface area contributed by atoms with Gasteiger partial charge in [0.1, 0.15) is 23.7 Å². The number of ether oxygens (including phenoxy) is 5. The van der Waals surface area contributed by atoms with Gasteiger partial charge in [-0.1, -0.05) is 45.9 Å². The van der Waals surface area contributed by atoms with E-state index >= 15 is 0 Å². The van der Waals surface area contributed by atoms with Crippen LogP contribution in [-0.4, -0.2) is 114 Å². The van der Waals surface area contributed by atoms with Gasteiger partial charge in [-0.15, -0.1) is 0 Å². The molecule has 0 bridgehead atoms. The number of para-hydroxylation sites is 1. The zero-order valence-electron chi connectivity index (χ0n) is 34.1. The number of rotatable bonds is 9. The van der Waals surface area contributed by atoms with Gasteiger partial charge >= 0.3 is 11.9 Å². The first-order valence-electron chi connectivity index (χ1n) is 19.5. The van der Waals surface area contributed by atoms with Crippen LogP contribution in [0.2, 0.25) is 0 Å². The van der Waals surface area contributed by atoms with E-state index in [1.165, 1.54) is 13.1 Å². The number of likely N-dealkylation sites (N-methyl/N-ethyl adjacent to an activating group) is 1. The maximum absolute atomic E-state index is 14.2. The molecule has 0 amide bonds. The van der Waals surface area contributed by atoms with Gasteiger partial charge in [-0.2, -0.15) is 0 Å². The number of pyridine rings is 1. The van der Waals surface area contributed by atoms with Gasteiger partial charge < -0.3 is 38.8 Å². The van der Waals surface area contributed by atoms with Crippen LogP contribution in [0.5, 0.6) is 0 Å². The summed E-state index contributed by atoms with van der Waals surface area (Å²) in [5.41, 5.74) is -1.47. The first kappa shape index (κ1) is 43.7. The maximum atomic E-state index is 14.2. The summed E-state index contributed by atoms with van der Waals surface area (Å²) in [6.07, 6.45) is -0.301. The van der Waals surface area contributed by atoms with E-state index in [0.717, 1.165) is 10.9 Å². The molecule has 2 unspecified atom stereocenters. The van der Waals surface area contributed by atoms with Crippen LogP contribution in [0, 0.1) is 29.6 Å². The van der Waals surface area contributed by atoms with Gasteiger partial charge in [0, 0.05) is 30.7 Å². The standard InChI is InChI=1S/C42H64N2O10/c1-12-34-42(8,49)31(17-18-51-39(48)30-21-29-15-13-14-16-32(29)43-23-30)25(3)19-24(2)22-41(7,50-11)37(27(5)35(45)28(6)38(47)53-34)54-40-36(46)33(44(9)10)20-26(4)52-40/h13-16,21,23-28,31,33-34,36-37,40,46,49H,12,17-20,22H2,1-11H3/t24-,25?,26+,27-,28?,31+,33-,34+,36+,37+,40-,41+,42-/m0/s1. The number of aromatic nitrogens is 1. The van der Waals surface area contributed by atoms with Gasteiger partial charge in [0.25, 0.3) is 0 Å². The SMILES string of the molecule is CC[C@H]1OC(=O)C(C)C(=O)[C@H](C)[C@@H](O[C@@H]2O[C@H](C)C[C@H](N(C)C)[C@H]2O)[C@](C)(OC)C[C@@H](C)CC(C)[C@@H](CCOC(=O)c2cnc3ccccc3c2)[C@]1(C)O. The van der Waals surface area contributed by atoms with E-state index in [9.17, 15) is 24.6 Å². The lowest BCUT2D eigenvalue weighted by atomic mass is 9.70. The lowest BCUT2D eigenvalue weighted by molar-refractivity contribution is -0.295. The molecule has 2 aromatic rings. The van der Waals surface area contributed by atoms with Crippen LogP contribution in [-0.2, 0) is 33.3 Å². The minimum Gasteiger partial charge on any atom is -0.462 e. The lowest BCUT2D eigenvalue weighted by Crippen LogP contribution is -2.59. The molecular weight excluding hydrogens is 692 g/mol. The number of aliphatic hydroxyl groups is 2. The Morgan fingerprint density at radius 1 is 1.07 bits per heavy atom. The highest BCUT2D eigenvalue weighted by molar-refractivity contribution is 6.00. The van der Waals surface area contributed by atoms with Crippen molar-refractivity contribution in [3.8, 4) is 0 Å². The molecule has 0 saturated carbocycles. The molecule has 2 N–H and O–H groups in total. The number of carbonyl (C=O) groups is 3. The molecule has 2 aliphatic heterocycles. The number of hydrogen-bond donors (Lipinski definition) is 2. The highest BCUT2D eigenvalue weighted by atomic mass is 16.7. The summed E-state index contributed by atoms with van der Waals surface area (Å²) in [5, 5.41) is 24.5. The topological polar surface area (TPSA) is 154 Å². The molecule has 2 fully saturated rings. The molecule has 0 radical (unpaired) electrons.